The fourth-order valence-electron chi connectivity index (χ4n) is 2.63. The van der Waals surface area contributed by atoms with Crippen molar-refractivity contribution < 1.29 is 23.9 Å². The fraction of sp³-hybridized carbons (Fsp3) is 0.167. The van der Waals surface area contributed by atoms with Gasteiger partial charge in [0.1, 0.15) is 19.8 Å². The van der Waals surface area contributed by atoms with Gasteiger partial charge in [-0.15, -0.1) is 11.3 Å². The molecule has 1 fully saturated rings. The Morgan fingerprint density at radius 3 is 2.71 bits per heavy atom. The SMILES string of the molecule is O=C(CN1C(=O)S/C(=C\c2cccs2)C1=O)Nc1cc2c(cc1Cl)OCCO2. The van der Waals surface area contributed by atoms with Crippen LogP contribution in [0.2, 0.25) is 5.02 Å². The molecule has 1 aromatic carbocycles. The highest BCUT2D eigenvalue weighted by molar-refractivity contribution is 8.18. The smallest absolute Gasteiger partial charge is 0.294 e. The summed E-state index contributed by atoms with van der Waals surface area (Å²) >= 11 is 8.44. The first-order valence-corrected chi connectivity index (χ1v) is 10.3. The van der Waals surface area contributed by atoms with Gasteiger partial charge in [0.15, 0.2) is 11.5 Å². The number of nitrogens with one attached hydrogen (secondary N) is 1. The Morgan fingerprint density at radius 2 is 2.00 bits per heavy atom. The molecule has 0 aliphatic carbocycles. The number of anilines is 1. The molecule has 0 radical (unpaired) electrons. The molecule has 1 N–H and O–H groups in total. The number of hydrogen-bond acceptors (Lipinski definition) is 7. The number of carbonyl (C=O) groups excluding carboxylic acids is 3. The van der Waals surface area contributed by atoms with Crippen molar-refractivity contribution in [3.63, 3.8) is 0 Å². The summed E-state index contributed by atoms with van der Waals surface area (Å²) in [7, 11) is 0. The molecule has 0 saturated carbocycles. The third-order valence-corrected chi connectivity index (χ3v) is 5.94. The van der Waals surface area contributed by atoms with Gasteiger partial charge in [-0.05, 0) is 29.3 Å². The Labute approximate surface area is 173 Å². The van der Waals surface area contributed by atoms with Crippen molar-refractivity contribution in [2.24, 2.45) is 0 Å². The molecule has 0 bridgehead atoms. The molecular weight excluding hydrogens is 424 g/mol. The van der Waals surface area contributed by atoms with Gasteiger partial charge in [0, 0.05) is 17.0 Å². The lowest BCUT2D eigenvalue weighted by molar-refractivity contribution is -0.127. The van der Waals surface area contributed by atoms with Crippen LogP contribution in [0.15, 0.2) is 34.6 Å². The lowest BCUT2D eigenvalue weighted by atomic mass is 10.2. The zero-order chi connectivity index (χ0) is 19.7. The van der Waals surface area contributed by atoms with Crippen LogP contribution < -0.4 is 14.8 Å². The number of rotatable bonds is 4. The average Bonchev–Trinajstić information content (AvgIpc) is 3.27. The highest BCUT2D eigenvalue weighted by atomic mass is 35.5. The van der Waals surface area contributed by atoms with E-state index in [1.165, 1.54) is 11.3 Å². The van der Waals surface area contributed by atoms with Crippen LogP contribution in [-0.2, 0) is 9.59 Å². The molecule has 2 aromatic rings. The Kier molecular flexibility index (Phi) is 5.29. The summed E-state index contributed by atoms with van der Waals surface area (Å²) in [6.07, 6.45) is 1.64. The zero-order valence-corrected chi connectivity index (χ0v) is 16.7. The molecule has 3 amide bonds. The molecule has 0 spiro atoms. The van der Waals surface area contributed by atoms with Gasteiger partial charge >= 0.3 is 0 Å². The van der Waals surface area contributed by atoms with Crippen LogP contribution in [0, 0.1) is 0 Å². The van der Waals surface area contributed by atoms with Crippen LogP contribution in [0.5, 0.6) is 11.5 Å². The predicted octanol–water partition coefficient (Wildman–Crippen LogP) is 3.85. The number of thioether (sulfide) groups is 1. The van der Waals surface area contributed by atoms with E-state index >= 15 is 0 Å². The van der Waals surface area contributed by atoms with Crippen LogP contribution in [0.4, 0.5) is 10.5 Å². The molecule has 2 aliphatic rings. The second-order valence-corrected chi connectivity index (χ2v) is 8.19. The van der Waals surface area contributed by atoms with Crippen molar-refractivity contribution in [3.05, 3.63) is 44.5 Å². The van der Waals surface area contributed by atoms with Gasteiger partial charge < -0.3 is 14.8 Å². The number of imide groups is 1. The molecule has 0 atom stereocenters. The number of halogens is 1. The highest BCUT2D eigenvalue weighted by Crippen LogP contribution is 2.38. The monoisotopic (exact) mass is 436 g/mol. The van der Waals surface area contributed by atoms with Crippen LogP contribution in [0.1, 0.15) is 4.88 Å². The van der Waals surface area contributed by atoms with Crippen LogP contribution in [-0.4, -0.2) is 41.7 Å². The summed E-state index contributed by atoms with van der Waals surface area (Å²) in [4.78, 5) is 39.1. The lowest BCUT2D eigenvalue weighted by Crippen LogP contribution is -2.36. The zero-order valence-electron chi connectivity index (χ0n) is 14.3. The van der Waals surface area contributed by atoms with E-state index < -0.39 is 23.6 Å². The molecule has 2 aliphatic heterocycles. The van der Waals surface area contributed by atoms with Gasteiger partial charge in [-0.1, -0.05) is 17.7 Å². The lowest BCUT2D eigenvalue weighted by Gasteiger charge is -2.20. The third-order valence-electron chi connectivity index (χ3n) is 3.90. The van der Waals surface area contributed by atoms with Gasteiger partial charge in [0.25, 0.3) is 11.1 Å². The van der Waals surface area contributed by atoms with Gasteiger partial charge in [-0.3, -0.25) is 19.3 Å². The number of benzene rings is 1. The molecule has 7 nitrogen and oxygen atoms in total. The van der Waals surface area contributed by atoms with E-state index in [0.29, 0.717) is 30.4 Å². The Hall–Kier alpha value is -2.49. The molecule has 0 unspecified atom stereocenters. The third kappa shape index (κ3) is 3.87. The normalized spacial score (nSPS) is 17.3. The minimum atomic E-state index is -0.543. The fourth-order valence-corrected chi connectivity index (χ4v) is 4.39. The maximum Gasteiger partial charge on any atom is 0.294 e. The van der Waals surface area contributed by atoms with Crippen molar-refractivity contribution in [1.29, 1.82) is 0 Å². The van der Waals surface area contributed by atoms with Crippen LogP contribution in [0.3, 0.4) is 0 Å². The van der Waals surface area contributed by atoms with E-state index in [1.54, 1.807) is 18.2 Å². The molecule has 4 rings (SSSR count). The number of hydrogen-bond donors (Lipinski definition) is 1. The summed E-state index contributed by atoms with van der Waals surface area (Å²) in [6.45, 7) is 0.416. The Morgan fingerprint density at radius 1 is 1.25 bits per heavy atom. The molecule has 1 aromatic heterocycles. The molecule has 28 heavy (non-hydrogen) atoms. The molecule has 1 saturated heterocycles. The van der Waals surface area contributed by atoms with Gasteiger partial charge in [0.05, 0.1) is 15.6 Å². The van der Waals surface area contributed by atoms with Gasteiger partial charge in [-0.2, -0.15) is 0 Å². The molecule has 10 heteroatoms. The minimum Gasteiger partial charge on any atom is -0.486 e. The second-order valence-electron chi connectivity index (χ2n) is 5.81. The van der Waals surface area contributed by atoms with Crippen molar-refractivity contribution in [2.75, 3.05) is 25.1 Å². The number of fused-ring (bicyclic) bond motifs is 1. The Balaban J connectivity index is 1.45. The summed E-state index contributed by atoms with van der Waals surface area (Å²) in [5.74, 6) is -0.0695. The number of carbonyl (C=O) groups is 3. The van der Waals surface area contributed by atoms with Crippen molar-refractivity contribution in [1.82, 2.24) is 4.90 Å². The van der Waals surface area contributed by atoms with E-state index in [1.807, 2.05) is 17.5 Å². The van der Waals surface area contributed by atoms with E-state index in [0.717, 1.165) is 21.5 Å². The quantitative estimate of drug-likeness (QED) is 0.733. The molecule has 144 valence electrons. The number of thiophene rings is 1. The average molecular weight is 437 g/mol. The largest absolute Gasteiger partial charge is 0.486 e. The first-order chi connectivity index (χ1) is 13.5. The minimum absolute atomic E-state index is 0.268. The van der Waals surface area contributed by atoms with E-state index in [2.05, 4.69) is 5.32 Å². The van der Waals surface area contributed by atoms with Gasteiger partial charge in [0.2, 0.25) is 5.91 Å². The van der Waals surface area contributed by atoms with E-state index in [-0.39, 0.29) is 9.93 Å². The van der Waals surface area contributed by atoms with E-state index in [9.17, 15) is 14.4 Å². The standard InChI is InChI=1S/C18H13ClN2O5S2/c19-11-7-13-14(26-4-3-25-13)8-12(11)20-16(22)9-21-17(23)15(28-18(21)24)6-10-2-1-5-27-10/h1-2,5-8H,3-4,9H2,(H,20,22)/b15-6-. The summed E-state index contributed by atoms with van der Waals surface area (Å²) < 4.78 is 10.9. The van der Waals surface area contributed by atoms with Crippen molar-refractivity contribution in [2.45, 2.75) is 0 Å². The first-order valence-electron chi connectivity index (χ1n) is 8.19. The maximum atomic E-state index is 12.5. The summed E-state index contributed by atoms with van der Waals surface area (Å²) in [6, 6.07) is 6.80. The van der Waals surface area contributed by atoms with Crippen molar-refractivity contribution in [3.8, 4) is 11.5 Å². The number of nitrogens with zero attached hydrogens (tertiary/aromatic N) is 1. The summed E-state index contributed by atoms with van der Waals surface area (Å²) in [5.41, 5.74) is 0.317. The number of amides is 3. The topological polar surface area (TPSA) is 84.9 Å². The number of ether oxygens (including phenoxy) is 2. The second kappa shape index (κ2) is 7.86. The molecule has 3 heterocycles. The van der Waals surface area contributed by atoms with Crippen LogP contribution >= 0.6 is 34.7 Å². The summed E-state index contributed by atoms with van der Waals surface area (Å²) in [5, 5.41) is 4.26. The highest BCUT2D eigenvalue weighted by Gasteiger charge is 2.36. The van der Waals surface area contributed by atoms with Gasteiger partial charge in [-0.25, -0.2) is 0 Å². The predicted molar refractivity (Wildman–Crippen MR) is 108 cm³/mol. The van der Waals surface area contributed by atoms with Crippen LogP contribution in [0.25, 0.3) is 6.08 Å². The maximum absolute atomic E-state index is 12.5. The Bertz CT molecular complexity index is 990. The molecular formula is C18H13ClN2O5S2. The van der Waals surface area contributed by atoms with E-state index in [4.69, 9.17) is 21.1 Å². The first kappa shape index (κ1) is 18.9. The van der Waals surface area contributed by atoms with Crippen molar-refractivity contribution >= 4 is 63.5 Å².